The number of hydrogen-bond donors (Lipinski definition) is 0. The number of carbonyl (C=O) groups is 1. The van der Waals surface area contributed by atoms with Crippen LogP contribution in [0.2, 0.25) is 5.02 Å². The average Bonchev–Trinajstić information content (AvgIpc) is 3.29. The third kappa shape index (κ3) is 5.19. The van der Waals surface area contributed by atoms with Crippen LogP contribution < -0.4 is 0 Å². The van der Waals surface area contributed by atoms with Crippen molar-refractivity contribution >= 4 is 17.5 Å². The molecule has 178 valence electrons. The zero-order chi connectivity index (χ0) is 24.4. The van der Waals surface area contributed by atoms with Gasteiger partial charge >= 0.3 is 0 Å². The van der Waals surface area contributed by atoms with Crippen LogP contribution in [0.15, 0.2) is 60.9 Å². The summed E-state index contributed by atoms with van der Waals surface area (Å²) in [6, 6.07) is 11.7. The van der Waals surface area contributed by atoms with E-state index in [4.69, 9.17) is 11.6 Å². The number of likely N-dealkylation sites (tertiary alicyclic amines) is 1. The van der Waals surface area contributed by atoms with E-state index >= 15 is 0 Å². The summed E-state index contributed by atoms with van der Waals surface area (Å²) >= 11 is 5.88. The molecule has 0 atom stereocenters. The van der Waals surface area contributed by atoms with E-state index in [1.165, 1.54) is 28.9 Å². The number of benzene rings is 2. The van der Waals surface area contributed by atoms with Gasteiger partial charge < -0.3 is 4.90 Å². The van der Waals surface area contributed by atoms with Crippen molar-refractivity contribution in [2.75, 3.05) is 13.1 Å². The number of hydrogen-bond acceptors (Lipinski definition) is 5. The van der Waals surface area contributed by atoms with E-state index in [2.05, 4.69) is 20.1 Å². The molecule has 2 aromatic heterocycles. The second kappa shape index (κ2) is 9.87. The minimum atomic E-state index is -0.373. The Labute approximate surface area is 205 Å². The summed E-state index contributed by atoms with van der Waals surface area (Å²) < 4.78 is 28.4. The highest BCUT2D eigenvalue weighted by Crippen LogP contribution is 2.27. The summed E-state index contributed by atoms with van der Waals surface area (Å²) in [5, 5.41) is 5.02. The Hall–Kier alpha value is -3.72. The lowest BCUT2D eigenvalue weighted by atomic mass is 9.96. The van der Waals surface area contributed by atoms with Gasteiger partial charge in [0, 0.05) is 42.5 Å². The van der Waals surface area contributed by atoms with Crippen molar-refractivity contribution in [3.63, 3.8) is 0 Å². The lowest BCUT2D eigenvalue weighted by Gasteiger charge is -2.31. The summed E-state index contributed by atoms with van der Waals surface area (Å²) in [5.74, 6) is 0.858. The molecule has 2 aromatic carbocycles. The van der Waals surface area contributed by atoms with E-state index in [9.17, 15) is 13.6 Å². The topological polar surface area (TPSA) is 76.8 Å². The second-order valence-corrected chi connectivity index (χ2v) is 8.78. The van der Waals surface area contributed by atoms with Crippen LogP contribution in [0.5, 0.6) is 0 Å². The van der Waals surface area contributed by atoms with Crippen LogP contribution in [-0.4, -0.2) is 48.6 Å². The van der Waals surface area contributed by atoms with Gasteiger partial charge in [0.05, 0.1) is 5.02 Å². The molecule has 0 spiro atoms. The summed E-state index contributed by atoms with van der Waals surface area (Å²) in [5.41, 5.74) is 1.24. The SMILES string of the molecule is O=C(Cn1nc(-c2ccc(F)cc2)nc1-c1ccc(F)cc1)N1CCC(c2ncc(Cl)cn2)CC1. The minimum absolute atomic E-state index is 0.0248. The molecule has 1 aliphatic rings. The molecular formula is C25H21ClF2N6O. The molecule has 0 N–H and O–H groups in total. The Morgan fingerprint density at radius 2 is 1.49 bits per heavy atom. The molecular weight excluding hydrogens is 474 g/mol. The van der Waals surface area contributed by atoms with Gasteiger partial charge in [0.2, 0.25) is 5.91 Å². The zero-order valence-corrected chi connectivity index (χ0v) is 19.4. The molecule has 0 unspecified atom stereocenters. The summed E-state index contributed by atoms with van der Waals surface area (Å²) in [6.45, 7) is 1.12. The first-order chi connectivity index (χ1) is 17.0. The van der Waals surface area contributed by atoms with Crippen LogP contribution >= 0.6 is 11.6 Å². The van der Waals surface area contributed by atoms with Crippen LogP contribution in [0.25, 0.3) is 22.8 Å². The number of nitrogens with zero attached hydrogens (tertiary/aromatic N) is 6. The molecule has 0 radical (unpaired) electrons. The lowest BCUT2D eigenvalue weighted by Crippen LogP contribution is -2.40. The first-order valence-corrected chi connectivity index (χ1v) is 11.6. The summed E-state index contributed by atoms with van der Waals surface area (Å²) in [6.07, 6.45) is 4.66. The Morgan fingerprint density at radius 1 is 0.914 bits per heavy atom. The van der Waals surface area contributed by atoms with Crippen molar-refractivity contribution in [2.24, 2.45) is 0 Å². The van der Waals surface area contributed by atoms with Gasteiger partial charge in [-0.05, 0) is 61.4 Å². The first-order valence-electron chi connectivity index (χ1n) is 11.2. The third-order valence-electron chi connectivity index (χ3n) is 6.01. The van der Waals surface area contributed by atoms with Gasteiger partial charge in [0.25, 0.3) is 0 Å². The molecule has 7 nitrogen and oxygen atoms in total. The van der Waals surface area contributed by atoms with Crippen molar-refractivity contribution in [1.29, 1.82) is 0 Å². The van der Waals surface area contributed by atoms with Gasteiger partial charge in [0.1, 0.15) is 24.0 Å². The number of carbonyl (C=O) groups excluding carboxylic acids is 1. The highest BCUT2D eigenvalue weighted by atomic mass is 35.5. The number of amides is 1. The molecule has 3 heterocycles. The second-order valence-electron chi connectivity index (χ2n) is 8.34. The van der Waals surface area contributed by atoms with E-state index in [1.807, 2.05) is 0 Å². The Kier molecular flexibility index (Phi) is 6.50. The number of rotatable bonds is 5. The van der Waals surface area contributed by atoms with Crippen LogP contribution in [-0.2, 0) is 11.3 Å². The quantitative estimate of drug-likeness (QED) is 0.400. The fraction of sp³-hybridized carbons (Fsp3) is 0.240. The van der Waals surface area contributed by atoms with Gasteiger partial charge in [-0.1, -0.05) is 11.6 Å². The van der Waals surface area contributed by atoms with Crippen molar-refractivity contribution in [3.05, 3.63) is 83.4 Å². The lowest BCUT2D eigenvalue weighted by molar-refractivity contribution is -0.133. The highest BCUT2D eigenvalue weighted by molar-refractivity contribution is 6.30. The zero-order valence-electron chi connectivity index (χ0n) is 18.6. The highest BCUT2D eigenvalue weighted by Gasteiger charge is 2.26. The maximum Gasteiger partial charge on any atom is 0.244 e. The molecule has 1 saturated heterocycles. The molecule has 0 aliphatic carbocycles. The third-order valence-corrected chi connectivity index (χ3v) is 6.21. The fourth-order valence-corrected chi connectivity index (χ4v) is 4.23. The number of halogens is 3. The monoisotopic (exact) mass is 494 g/mol. The molecule has 5 rings (SSSR count). The minimum Gasteiger partial charge on any atom is -0.341 e. The van der Waals surface area contributed by atoms with Crippen LogP contribution in [0.3, 0.4) is 0 Å². The summed E-state index contributed by atoms with van der Waals surface area (Å²) in [4.78, 5) is 28.1. The number of piperidine rings is 1. The average molecular weight is 495 g/mol. The maximum atomic E-state index is 13.5. The molecule has 1 aliphatic heterocycles. The Bertz CT molecular complexity index is 1320. The van der Waals surface area contributed by atoms with E-state index in [0.29, 0.717) is 40.9 Å². The normalized spacial score (nSPS) is 14.3. The van der Waals surface area contributed by atoms with Crippen molar-refractivity contribution in [3.8, 4) is 22.8 Å². The van der Waals surface area contributed by atoms with E-state index in [0.717, 1.165) is 18.7 Å². The molecule has 1 amide bonds. The smallest absolute Gasteiger partial charge is 0.244 e. The first kappa shape index (κ1) is 23.0. The van der Waals surface area contributed by atoms with Gasteiger partial charge in [-0.3, -0.25) is 4.79 Å². The largest absolute Gasteiger partial charge is 0.341 e. The van der Waals surface area contributed by atoms with E-state index < -0.39 is 0 Å². The Balaban J connectivity index is 1.34. The van der Waals surface area contributed by atoms with E-state index in [-0.39, 0.29) is 30.0 Å². The van der Waals surface area contributed by atoms with Crippen LogP contribution in [0, 0.1) is 11.6 Å². The van der Waals surface area contributed by atoms with Gasteiger partial charge in [-0.2, -0.15) is 0 Å². The van der Waals surface area contributed by atoms with Gasteiger partial charge in [-0.25, -0.2) is 28.4 Å². The van der Waals surface area contributed by atoms with Crippen molar-refractivity contribution < 1.29 is 13.6 Å². The van der Waals surface area contributed by atoms with Crippen LogP contribution in [0.4, 0.5) is 8.78 Å². The molecule has 0 saturated carbocycles. The number of aromatic nitrogens is 5. The van der Waals surface area contributed by atoms with Crippen molar-refractivity contribution in [1.82, 2.24) is 29.6 Å². The standard InChI is InChI=1S/C25H21ClF2N6O/c26-19-13-29-23(30-14-19)17-9-11-33(12-10-17)22(35)15-34-25(18-3-7-21(28)8-4-18)31-24(32-34)16-1-5-20(27)6-2-16/h1-8,13-14,17H,9-12,15H2. The summed E-state index contributed by atoms with van der Waals surface area (Å²) in [7, 11) is 0. The van der Waals surface area contributed by atoms with Crippen molar-refractivity contribution in [2.45, 2.75) is 25.3 Å². The Morgan fingerprint density at radius 3 is 2.09 bits per heavy atom. The molecule has 35 heavy (non-hydrogen) atoms. The van der Waals surface area contributed by atoms with Gasteiger partial charge in [0.15, 0.2) is 11.6 Å². The van der Waals surface area contributed by atoms with E-state index in [1.54, 1.807) is 41.6 Å². The van der Waals surface area contributed by atoms with Crippen LogP contribution in [0.1, 0.15) is 24.6 Å². The molecule has 4 aromatic rings. The predicted octanol–water partition coefficient (Wildman–Crippen LogP) is 4.74. The molecule has 0 bridgehead atoms. The molecule has 1 fully saturated rings. The predicted molar refractivity (Wildman–Crippen MR) is 126 cm³/mol. The maximum absolute atomic E-state index is 13.5. The van der Waals surface area contributed by atoms with Gasteiger partial charge in [-0.15, -0.1) is 5.10 Å². The molecule has 10 heteroatoms. The fourth-order valence-electron chi connectivity index (χ4n) is 4.13.